The van der Waals surface area contributed by atoms with Crippen molar-refractivity contribution in [2.75, 3.05) is 38.1 Å². The SMILES string of the molecule is CCOc1cccc(NC(=S)NCCCN2CCCC(C)C2)c1. The Bertz CT molecular complexity index is 495. The molecular weight excluding hydrogens is 306 g/mol. The van der Waals surface area contributed by atoms with Crippen LogP contribution in [0.4, 0.5) is 5.69 Å². The third kappa shape index (κ3) is 6.75. The van der Waals surface area contributed by atoms with Crippen LogP contribution in [0.5, 0.6) is 5.75 Å². The van der Waals surface area contributed by atoms with Crippen molar-refractivity contribution in [1.82, 2.24) is 10.2 Å². The Morgan fingerprint density at radius 1 is 1.43 bits per heavy atom. The van der Waals surface area contributed by atoms with E-state index in [1.165, 1.54) is 25.9 Å². The molecule has 0 saturated carbocycles. The topological polar surface area (TPSA) is 36.5 Å². The summed E-state index contributed by atoms with van der Waals surface area (Å²) in [6, 6.07) is 7.87. The highest BCUT2D eigenvalue weighted by atomic mass is 32.1. The molecule has 2 N–H and O–H groups in total. The number of nitrogens with one attached hydrogen (secondary N) is 2. The lowest BCUT2D eigenvalue weighted by Crippen LogP contribution is -2.37. The first-order chi connectivity index (χ1) is 11.2. The predicted octanol–water partition coefficient (Wildman–Crippen LogP) is 3.49. The van der Waals surface area contributed by atoms with Gasteiger partial charge in [0.05, 0.1) is 6.61 Å². The fourth-order valence-corrected chi connectivity index (χ4v) is 3.22. The zero-order valence-corrected chi connectivity index (χ0v) is 15.1. The molecule has 0 aromatic heterocycles. The van der Waals surface area contributed by atoms with Crippen molar-refractivity contribution in [3.8, 4) is 5.75 Å². The summed E-state index contributed by atoms with van der Waals surface area (Å²) >= 11 is 5.36. The fourth-order valence-electron chi connectivity index (χ4n) is 3.00. The first-order valence-corrected chi connectivity index (χ1v) is 9.08. The van der Waals surface area contributed by atoms with Crippen LogP contribution in [-0.4, -0.2) is 42.8 Å². The Morgan fingerprint density at radius 3 is 3.09 bits per heavy atom. The van der Waals surface area contributed by atoms with Crippen molar-refractivity contribution in [2.45, 2.75) is 33.1 Å². The summed E-state index contributed by atoms with van der Waals surface area (Å²) in [6.07, 6.45) is 3.84. The zero-order valence-electron chi connectivity index (χ0n) is 14.3. The average Bonchev–Trinajstić information content (AvgIpc) is 2.52. The molecule has 0 amide bonds. The van der Waals surface area contributed by atoms with Crippen LogP contribution in [0.1, 0.15) is 33.1 Å². The third-order valence-corrected chi connectivity index (χ3v) is 4.33. The summed E-state index contributed by atoms with van der Waals surface area (Å²) in [5.41, 5.74) is 0.957. The molecule has 1 unspecified atom stereocenters. The first-order valence-electron chi connectivity index (χ1n) is 8.67. The summed E-state index contributed by atoms with van der Waals surface area (Å²) in [7, 11) is 0. The van der Waals surface area contributed by atoms with Gasteiger partial charge in [-0.1, -0.05) is 13.0 Å². The quantitative estimate of drug-likeness (QED) is 0.589. The second-order valence-corrected chi connectivity index (χ2v) is 6.65. The summed E-state index contributed by atoms with van der Waals surface area (Å²) in [5, 5.41) is 7.17. The molecule has 1 atom stereocenters. The van der Waals surface area contributed by atoms with Crippen LogP contribution in [0, 0.1) is 5.92 Å². The Balaban J connectivity index is 1.64. The normalized spacial score (nSPS) is 18.4. The molecule has 1 fully saturated rings. The monoisotopic (exact) mass is 335 g/mol. The van der Waals surface area contributed by atoms with Crippen LogP contribution >= 0.6 is 12.2 Å². The van der Waals surface area contributed by atoms with Crippen LogP contribution in [0.3, 0.4) is 0 Å². The number of nitrogens with zero attached hydrogens (tertiary/aromatic N) is 1. The van der Waals surface area contributed by atoms with Gasteiger partial charge in [0, 0.05) is 24.8 Å². The highest BCUT2D eigenvalue weighted by molar-refractivity contribution is 7.80. The smallest absolute Gasteiger partial charge is 0.170 e. The lowest BCUT2D eigenvalue weighted by atomic mass is 10.0. The number of likely N-dealkylation sites (tertiary alicyclic amines) is 1. The molecule has 1 heterocycles. The first kappa shape index (κ1) is 18.0. The molecule has 23 heavy (non-hydrogen) atoms. The number of piperidine rings is 1. The summed E-state index contributed by atoms with van der Waals surface area (Å²) in [4.78, 5) is 2.57. The number of thiocarbonyl (C=S) groups is 1. The van der Waals surface area contributed by atoms with Crippen molar-refractivity contribution in [3.05, 3.63) is 24.3 Å². The van der Waals surface area contributed by atoms with Crippen molar-refractivity contribution in [2.24, 2.45) is 5.92 Å². The van der Waals surface area contributed by atoms with Crippen molar-refractivity contribution < 1.29 is 4.74 Å². The van der Waals surface area contributed by atoms with E-state index < -0.39 is 0 Å². The van der Waals surface area contributed by atoms with Gasteiger partial charge in [0.2, 0.25) is 0 Å². The number of anilines is 1. The zero-order chi connectivity index (χ0) is 16.5. The fraction of sp³-hybridized carbons (Fsp3) is 0.611. The average molecular weight is 336 g/mol. The van der Waals surface area contributed by atoms with Gasteiger partial charge in [-0.2, -0.15) is 0 Å². The van der Waals surface area contributed by atoms with Crippen LogP contribution in [0.15, 0.2) is 24.3 Å². The van der Waals surface area contributed by atoms with Crippen LogP contribution < -0.4 is 15.4 Å². The molecule has 1 aromatic rings. The van der Waals surface area contributed by atoms with E-state index in [9.17, 15) is 0 Å². The maximum atomic E-state index is 5.49. The van der Waals surface area contributed by atoms with Crippen molar-refractivity contribution in [1.29, 1.82) is 0 Å². The van der Waals surface area contributed by atoms with Crippen LogP contribution in [0.2, 0.25) is 0 Å². The number of rotatable bonds is 7. The van der Waals surface area contributed by atoms with Gasteiger partial charge >= 0.3 is 0 Å². The third-order valence-electron chi connectivity index (χ3n) is 4.08. The minimum Gasteiger partial charge on any atom is -0.494 e. The molecule has 0 spiro atoms. The Labute approximate surface area is 145 Å². The van der Waals surface area contributed by atoms with Gasteiger partial charge in [-0.05, 0) is 69.5 Å². The Kier molecular flexibility index (Phi) is 7.62. The van der Waals surface area contributed by atoms with E-state index >= 15 is 0 Å². The number of ether oxygens (including phenoxy) is 1. The summed E-state index contributed by atoms with van der Waals surface area (Å²) in [5.74, 6) is 1.71. The second-order valence-electron chi connectivity index (χ2n) is 6.24. The summed E-state index contributed by atoms with van der Waals surface area (Å²) < 4.78 is 5.49. The minimum absolute atomic E-state index is 0.668. The predicted molar refractivity (Wildman–Crippen MR) is 101 cm³/mol. The van der Waals surface area contributed by atoms with Crippen molar-refractivity contribution >= 4 is 23.0 Å². The van der Waals surface area contributed by atoms with E-state index in [-0.39, 0.29) is 0 Å². The number of hydrogen-bond donors (Lipinski definition) is 2. The maximum Gasteiger partial charge on any atom is 0.170 e. The van der Waals surface area contributed by atoms with E-state index in [0.29, 0.717) is 11.7 Å². The van der Waals surface area contributed by atoms with Gasteiger partial charge in [0.1, 0.15) is 5.75 Å². The standard InChI is InChI=1S/C18H29N3OS/c1-3-22-17-9-4-8-16(13-17)20-18(23)19-10-6-12-21-11-5-7-15(2)14-21/h4,8-9,13,15H,3,5-7,10-12,14H2,1-2H3,(H2,19,20,23). The lowest BCUT2D eigenvalue weighted by Gasteiger charge is -2.30. The van der Waals surface area contributed by atoms with Crippen LogP contribution in [-0.2, 0) is 0 Å². The van der Waals surface area contributed by atoms with E-state index in [2.05, 4.69) is 22.5 Å². The molecule has 4 nitrogen and oxygen atoms in total. The van der Waals surface area contributed by atoms with Gasteiger partial charge in [0.25, 0.3) is 0 Å². The summed E-state index contributed by atoms with van der Waals surface area (Å²) in [6.45, 7) is 9.54. The Hall–Kier alpha value is -1.33. The highest BCUT2D eigenvalue weighted by Gasteiger charge is 2.15. The van der Waals surface area contributed by atoms with E-state index in [1.54, 1.807) is 0 Å². The van der Waals surface area contributed by atoms with Crippen molar-refractivity contribution in [3.63, 3.8) is 0 Å². The van der Waals surface area contributed by atoms with Gasteiger partial charge in [0.15, 0.2) is 5.11 Å². The maximum absolute atomic E-state index is 5.49. The molecule has 0 radical (unpaired) electrons. The van der Waals surface area contributed by atoms with Gasteiger partial charge < -0.3 is 20.3 Å². The Morgan fingerprint density at radius 2 is 2.30 bits per heavy atom. The molecule has 128 valence electrons. The van der Waals surface area contributed by atoms with E-state index in [0.717, 1.165) is 36.9 Å². The molecule has 0 bridgehead atoms. The largest absolute Gasteiger partial charge is 0.494 e. The second kappa shape index (κ2) is 9.73. The molecule has 1 aliphatic rings. The molecule has 1 aromatic carbocycles. The highest BCUT2D eigenvalue weighted by Crippen LogP contribution is 2.17. The van der Waals surface area contributed by atoms with E-state index in [4.69, 9.17) is 17.0 Å². The number of hydrogen-bond acceptors (Lipinski definition) is 3. The van der Waals surface area contributed by atoms with E-state index in [1.807, 2.05) is 31.2 Å². The molecule has 2 rings (SSSR count). The van der Waals surface area contributed by atoms with Gasteiger partial charge in [-0.3, -0.25) is 0 Å². The lowest BCUT2D eigenvalue weighted by molar-refractivity contribution is 0.182. The molecule has 1 aliphatic heterocycles. The van der Waals surface area contributed by atoms with Crippen LogP contribution in [0.25, 0.3) is 0 Å². The van der Waals surface area contributed by atoms with Gasteiger partial charge in [-0.15, -0.1) is 0 Å². The number of benzene rings is 1. The molecule has 5 heteroatoms. The molecular formula is C18H29N3OS. The van der Waals surface area contributed by atoms with Gasteiger partial charge in [-0.25, -0.2) is 0 Å². The molecule has 1 saturated heterocycles. The minimum atomic E-state index is 0.668. The molecule has 0 aliphatic carbocycles.